The van der Waals surface area contributed by atoms with E-state index in [2.05, 4.69) is 15.5 Å². The number of nitrogens with zero attached hydrogens (tertiary/aromatic N) is 4. The number of aryl methyl sites for hydroxylation is 1. The zero-order valence-electron chi connectivity index (χ0n) is 13.7. The van der Waals surface area contributed by atoms with Crippen molar-refractivity contribution in [2.24, 2.45) is 7.05 Å². The summed E-state index contributed by atoms with van der Waals surface area (Å²) in [6.45, 7) is 0. The average Bonchev–Trinajstić information content (AvgIpc) is 3.03. The van der Waals surface area contributed by atoms with Crippen molar-refractivity contribution < 1.29 is 18.5 Å². The summed E-state index contributed by atoms with van der Waals surface area (Å²) in [7, 11) is 1.69. The minimum Gasteiger partial charge on any atom is -0.322 e. The van der Waals surface area contributed by atoms with Crippen LogP contribution >= 0.6 is 11.8 Å². The lowest BCUT2D eigenvalue weighted by atomic mass is 10.2. The largest absolute Gasteiger partial charge is 0.322 e. The number of anilines is 1. The highest BCUT2D eigenvalue weighted by Gasteiger charge is 2.20. The highest BCUT2D eigenvalue weighted by Crippen LogP contribution is 2.34. The lowest BCUT2D eigenvalue weighted by Crippen LogP contribution is -2.12. The molecule has 0 radical (unpaired) electrons. The molecule has 1 aromatic heterocycles. The van der Waals surface area contributed by atoms with Gasteiger partial charge in [-0.25, -0.2) is 8.78 Å². The molecule has 1 amide bonds. The average molecular weight is 391 g/mol. The van der Waals surface area contributed by atoms with Gasteiger partial charge >= 0.3 is 0 Å². The van der Waals surface area contributed by atoms with Crippen LogP contribution in [0.1, 0.15) is 10.4 Å². The highest BCUT2D eigenvalue weighted by molar-refractivity contribution is 7.99. The molecule has 11 heteroatoms. The molecule has 3 aromatic rings. The summed E-state index contributed by atoms with van der Waals surface area (Å²) >= 11 is 1.03. The number of nitro benzene ring substituents is 1. The van der Waals surface area contributed by atoms with E-state index in [4.69, 9.17) is 0 Å². The molecule has 0 aliphatic heterocycles. The van der Waals surface area contributed by atoms with Crippen LogP contribution in [0.5, 0.6) is 0 Å². The molecule has 3 rings (SSSR count). The molecule has 0 saturated heterocycles. The Bertz CT molecular complexity index is 1040. The third-order valence-electron chi connectivity index (χ3n) is 3.47. The second-order valence-corrected chi connectivity index (χ2v) is 6.36. The van der Waals surface area contributed by atoms with E-state index in [1.54, 1.807) is 11.6 Å². The number of nitrogens with one attached hydrogen (secondary N) is 1. The van der Waals surface area contributed by atoms with Crippen LogP contribution in [0.2, 0.25) is 0 Å². The predicted molar refractivity (Wildman–Crippen MR) is 92.5 cm³/mol. The third kappa shape index (κ3) is 4.08. The molecule has 1 N–H and O–H groups in total. The normalized spacial score (nSPS) is 10.6. The van der Waals surface area contributed by atoms with Gasteiger partial charge in [-0.2, -0.15) is 0 Å². The summed E-state index contributed by atoms with van der Waals surface area (Å²) in [6.07, 6.45) is 1.46. The van der Waals surface area contributed by atoms with Crippen molar-refractivity contribution in [3.63, 3.8) is 0 Å². The molecular weight excluding hydrogens is 380 g/mol. The van der Waals surface area contributed by atoms with Crippen LogP contribution in [0.25, 0.3) is 0 Å². The Labute approximate surface area is 155 Å². The van der Waals surface area contributed by atoms with Crippen LogP contribution in [0.4, 0.5) is 20.2 Å². The van der Waals surface area contributed by atoms with Crippen molar-refractivity contribution >= 4 is 29.0 Å². The number of amides is 1. The fourth-order valence-corrected chi connectivity index (χ4v) is 2.98. The molecule has 0 bridgehead atoms. The molecule has 8 nitrogen and oxygen atoms in total. The third-order valence-corrected chi connectivity index (χ3v) is 4.58. The molecule has 0 aliphatic rings. The summed E-state index contributed by atoms with van der Waals surface area (Å²) in [4.78, 5) is 23.3. The maximum Gasteiger partial charge on any atom is 0.284 e. The number of aromatic nitrogens is 3. The number of rotatable bonds is 5. The highest BCUT2D eigenvalue weighted by atomic mass is 32.2. The van der Waals surface area contributed by atoms with Crippen molar-refractivity contribution in [3.8, 4) is 0 Å². The molecular formula is C16H11F2N5O3S. The summed E-state index contributed by atoms with van der Waals surface area (Å²) in [5.41, 5.74) is -0.270. The van der Waals surface area contributed by atoms with Gasteiger partial charge in [0.25, 0.3) is 11.6 Å². The molecule has 0 fully saturated rings. The van der Waals surface area contributed by atoms with E-state index in [9.17, 15) is 23.7 Å². The lowest BCUT2D eigenvalue weighted by Gasteiger charge is -2.07. The van der Waals surface area contributed by atoms with Gasteiger partial charge in [-0.3, -0.25) is 14.9 Å². The Morgan fingerprint density at radius 3 is 2.63 bits per heavy atom. The van der Waals surface area contributed by atoms with E-state index in [-0.39, 0.29) is 21.8 Å². The minimum absolute atomic E-state index is 0.00579. The van der Waals surface area contributed by atoms with Crippen LogP contribution in [0.3, 0.4) is 0 Å². The second-order valence-electron chi connectivity index (χ2n) is 5.35. The monoisotopic (exact) mass is 391 g/mol. The van der Waals surface area contributed by atoms with Gasteiger partial charge in [0.05, 0.1) is 9.82 Å². The minimum atomic E-state index is -1.12. The Hall–Kier alpha value is -3.34. The van der Waals surface area contributed by atoms with Gasteiger partial charge in [0.1, 0.15) is 6.33 Å². The van der Waals surface area contributed by atoms with E-state index in [0.29, 0.717) is 5.16 Å². The number of hydrogen-bond acceptors (Lipinski definition) is 6. The van der Waals surface area contributed by atoms with E-state index < -0.39 is 22.5 Å². The zero-order chi connectivity index (χ0) is 19.6. The van der Waals surface area contributed by atoms with Crippen molar-refractivity contribution in [1.82, 2.24) is 14.8 Å². The van der Waals surface area contributed by atoms with Gasteiger partial charge in [-0.15, -0.1) is 10.2 Å². The van der Waals surface area contributed by atoms with E-state index in [0.717, 1.165) is 30.0 Å². The molecule has 138 valence electrons. The summed E-state index contributed by atoms with van der Waals surface area (Å²) in [5, 5.41) is 21.7. The summed E-state index contributed by atoms with van der Waals surface area (Å²) in [5.74, 6) is -2.86. The molecule has 0 spiro atoms. The van der Waals surface area contributed by atoms with Gasteiger partial charge < -0.3 is 9.88 Å². The quantitative estimate of drug-likeness (QED) is 0.528. The van der Waals surface area contributed by atoms with Gasteiger partial charge in [0, 0.05) is 30.4 Å². The van der Waals surface area contributed by atoms with Crippen molar-refractivity contribution in [1.29, 1.82) is 0 Å². The molecule has 2 aromatic carbocycles. The van der Waals surface area contributed by atoms with Crippen molar-refractivity contribution in [3.05, 3.63) is 70.0 Å². The Balaban J connectivity index is 1.86. The number of carbonyl (C=O) groups excluding carboxylic acids is 1. The fraction of sp³-hybridized carbons (Fsp3) is 0.0625. The molecule has 0 unspecified atom stereocenters. The number of hydrogen-bond donors (Lipinski definition) is 1. The fourth-order valence-electron chi connectivity index (χ4n) is 2.13. The molecule has 0 atom stereocenters. The first kappa shape index (κ1) is 18.5. The van der Waals surface area contributed by atoms with Crippen molar-refractivity contribution in [2.45, 2.75) is 10.1 Å². The zero-order valence-corrected chi connectivity index (χ0v) is 14.5. The number of halogens is 2. The topological polar surface area (TPSA) is 103 Å². The smallest absolute Gasteiger partial charge is 0.284 e. The predicted octanol–water partition coefficient (Wildman–Crippen LogP) is 3.41. The van der Waals surface area contributed by atoms with Crippen LogP contribution in [-0.4, -0.2) is 25.6 Å². The first-order valence-electron chi connectivity index (χ1n) is 7.42. The summed E-state index contributed by atoms with van der Waals surface area (Å²) in [6, 6.07) is 6.78. The number of benzene rings is 2. The lowest BCUT2D eigenvalue weighted by molar-refractivity contribution is -0.387. The SMILES string of the molecule is Cn1cnnc1Sc1ccc(C(=O)Nc2ccc(F)c(F)c2)cc1[N+](=O)[O-]. The molecule has 0 saturated carbocycles. The van der Waals surface area contributed by atoms with Gasteiger partial charge in [0.15, 0.2) is 16.8 Å². The molecule has 0 aliphatic carbocycles. The van der Waals surface area contributed by atoms with Gasteiger partial charge in [-0.05, 0) is 36.0 Å². The first-order valence-corrected chi connectivity index (χ1v) is 8.23. The second kappa shape index (κ2) is 7.50. The maximum atomic E-state index is 13.2. The van der Waals surface area contributed by atoms with E-state index in [1.165, 1.54) is 24.5 Å². The summed E-state index contributed by atoms with van der Waals surface area (Å²) < 4.78 is 27.8. The maximum absolute atomic E-state index is 13.2. The van der Waals surface area contributed by atoms with E-state index in [1.807, 2.05) is 0 Å². The molecule has 1 heterocycles. The van der Waals surface area contributed by atoms with E-state index >= 15 is 0 Å². The molecule has 27 heavy (non-hydrogen) atoms. The Kier molecular flexibility index (Phi) is 5.12. The van der Waals surface area contributed by atoms with Crippen LogP contribution in [-0.2, 0) is 7.05 Å². The Morgan fingerprint density at radius 1 is 1.22 bits per heavy atom. The van der Waals surface area contributed by atoms with Gasteiger partial charge in [0.2, 0.25) is 0 Å². The number of carbonyl (C=O) groups is 1. The van der Waals surface area contributed by atoms with Crippen LogP contribution < -0.4 is 5.32 Å². The van der Waals surface area contributed by atoms with Crippen LogP contribution in [0, 0.1) is 21.7 Å². The van der Waals surface area contributed by atoms with Crippen LogP contribution in [0.15, 0.2) is 52.8 Å². The standard InChI is InChI=1S/C16H11F2N5O3S/c1-22-8-19-21-16(22)27-14-5-2-9(6-13(14)23(25)26)15(24)20-10-3-4-11(17)12(18)7-10/h2-8H,1H3,(H,20,24). The van der Waals surface area contributed by atoms with Crippen molar-refractivity contribution in [2.75, 3.05) is 5.32 Å². The Morgan fingerprint density at radius 2 is 2.00 bits per heavy atom. The first-order chi connectivity index (χ1) is 12.8. The van der Waals surface area contributed by atoms with Gasteiger partial charge in [-0.1, -0.05) is 0 Å². The number of nitro groups is 1.